The van der Waals surface area contributed by atoms with Crippen LogP contribution < -0.4 is 0 Å². The number of hydrogen-bond acceptors (Lipinski definition) is 0. The van der Waals surface area contributed by atoms with Crippen LogP contribution >= 0.6 is 0 Å². The largest absolute Gasteiger partial charge is 0.0642 e. The highest BCUT2D eigenvalue weighted by atomic mass is 14.6. The van der Waals surface area contributed by atoms with Gasteiger partial charge in [0, 0.05) is 0 Å². The van der Waals surface area contributed by atoms with Crippen LogP contribution in [-0.2, 0) is 0 Å². The average molecular weight is 876 g/mol. The fourth-order valence-corrected chi connectivity index (χ4v) is 21.8. The molecule has 6 atom stereocenters. The van der Waals surface area contributed by atoms with Gasteiger partial charge in [0.15, 0.2) is 0 Å². The molecule has 11 rings (SSSR count). The number of fused-ring (bicyclic) bond motifs is 2. The topological polar surface area (TPSA) is 0 Å². The molecule has 0 aromatic rings. The van der Waals surface area contributed by atoms with Gasteiger partial charge in [0.1, 0.15) is 0 Å². The lowest BCUT2D eigenvalue weighted by molar-refractivity contribution is -0.115. The Morgan fingerprint density at radius 1 is 0.172 bits per heavy atom. The van der Waals surface area contributed by atoms with E-state index in [0.717, 1.165) is 107 Å². The van der Waals surface area contributed by atoms with E-state index in [0.29, 0.717) is 0 Å². The predicted octanol–water partition coefficient (Wildman–Crippen LogP) is 19.7. The second-order valence-corrected chi connectivity index (χ2v) is 27.4. The number of hydrogen-bond donors (Lipinski definition) is 0. The van der Waals surface area contributed by atoms with E-state index in [-0.39, 0.29) is 0 Å². The molecule has 0 heterocycles. The van der Waals surface area contributed by atoms with Crippen LogP contribution in [0, 0.1) is 107 Å². The molecular weight excluding hydrogens is 769 g/mol. The smallest absolute Gasteiger partial charge is 0.0197 e. The molecule has 11 fully saturated rings. The van der Waals surface area contributed by atoms with Crippen molar-refractivity contribution in [3.8, 4) is 0 Å². The van der Waals surface area contributed by atoms with E-state index in [1.807, 2.05) is 0 Å². The third kappa shape index (κ3) is 10.2. The van der Waals surface area contributed by atoms with Crippen LogP contribution in [0.2, 0.25) is 0 Å². The molecule has 0 aromatic heterocycles. The van der Waals surface area contributed by atoms with Gasteiger partial charge in [0.25, 0.3) is 0 Å². The van der Waals surface area contributed by atoms with E-state index in [1.165, 1.54) is 70.6 Å². The summed E-state index contributed by atoms with van der Waals surface area (Å²) in [7, 11) is 0. The van der Waals surface area contributed by atoms with Crippen LogP contribution in [0.4, 0.5) is 0 Å². The first-order valence-corrected chi connectivity index (χ1v) is 31.5. The Bertz CT molecular complexity index is 1350. The van der Waals surface area contributed by atoms with Gasteiger partial charge in [-0.1, -0.05) is 159 Å². The van der Waals surface area contributed by atoms with Crippen molar-refractivity contribution >= 4 is 0 Å². The minimum atomic E-state index is 0.967. The SMILES string of the molecule is C1CCC(C(=C(C2CCCCC2)C2CCC(C3C4CCCCC4C(C4CCC(C5CC(C6CCCCC6)CC(C6CCCCC6)C5)CC4)C4CCCCC43)CC2)C2CCCCC2)CC1. The lowest BCUT2D eigenvalue weighted by Crippen LogP contribution is -2.53. The summed E-state index contributed by atoms with van der Waals surface area (Å²) in [6, 6.07) is 0. The van der Waals surface area contributed by atoms with Crippen LogP contribution in [0.3, 0.4) is 0 Å². The van der Waals surface area contributed by atoms with E-state index in [2.05, 4.69) is 11.1 Å². The van der Waals surface area contributed by atoms with Crippen molar-refractivity contribution in [2.45, 2.75) is 283 Å². The summed E-state index contributed by atoms with van der Waals surface area (Å²) >= 11 is 0. The van der Waals surface area contributed by atoms with E-state index in [1.54, 1.807) is 212 Å². The lowest BCUT2D eigenvalue weighted by atomic mass is 9.45. The third-order valence-electron chi connectivity index (χ3n) is 24.4. The summed E-state index contributed by atoms with van der Waals surface area (Å²) in [4.78, 5) is 0. The van der Waals surface area contributed by atoms with E-state index in [4.69, 9.17) is 0 Å². The summed E-state index contributed by atoms with van der Waals surface area (Å²) in [5.74, 6) is 19.3. The number of allylic oxidation sites excluding steroid dienone is 2. The molecule has 11 aliphatic carbocycles. The van der Waals surface area contributed by atoms with Crippen LogP contribution in [-0.4, -0.2) is 0 Å². The second kappa shape index (κ2) is 22.2. The molecule has 64 heavy (non-hydrogen) atoms. The molecule has 0 heteroatoms. The first-order chi connectivity index (χ1) is 31.8. The molecule has 0 bridgehead atoms. The van der Waals surface area contributed by atoms with Crippen molar-refractivity contribution in [3.63, 3.8) is 0 Å². The van der Waals surface area contributed by atoms with E-state index < -0.39 is 0 Å². The van der Waals surface area contributed by atoms with Crippen molar-refractivity contribution < 1.29 is 0 Å². The quantitative estimate of drug-likeness (QED) is 0.203. The molecule has 0 N–H and O–H groups in total. The van der Waals surface area contributed by atoms with Crippen molar-refractivity contribution in [2.75, 3.05) is 0 Å². The molecule has 11 saturated carbocycles. The van der Waals surface area contributed by atoms with Gasteiger partial charge in [0.2, 0.25) is 0 Å². The molecular formula is C64H106. The highest BCUT2D eigenvalue weighted by Gasteiger charge is 2.55. The monoisotopic (exact) mass is 875 g/mol. The fourth-order valence-electron chi connectivity index (χ4n) is 21.8. The van der Waals surface area contributed by atoms with Gasteiger partial charge < -0.3 is 0 Å². The molecule has 6 unspecified atom stereocenters. The summed E-state index contributed by atoms with van der Waals surface area (Å²) in [5, 5.41) is 0. The molecule has 0 saturated heterocycles. The summed E-state index contributed by atoms with van der Waals surface area (Å²) < 4.78 is 0. The molecule has 362 valence electrons. The van der Waals surface area contributed by atoms with Crippen LogP contribution in [0.15, 0.2) is 11.1 Å². The summed E-state index contributed by atoms with van der Waals surface area (Å²) in [5.41, 5.74) is 4.38. The average Bonchev–Trinajstić information content (AvgIpc) is 3.38. The maximum absolute atomic E-state index is 2.20. The molecule has 0 aliphatic heterocycles. The molecule has 0 aromatic carbocycles. The molecule has 0 amide bonds. The Morgan fingerprint density at radius 2 is 0.406 bits per heavy atom. The molecule has 0 radical (unpaired) electrons. The Balaban J connectivity index is 0.791. The summed E-state index contributed by atoms with van der Waals surface area (Å²) in [6.45, 7) is 0. The van der Waals surface area contributed by atoms with Crippen LogP contribution in [0.1, 0.15) is 283 Å². The standard InChI is InChI=1S/C64H106/c1-6-20-45(21-7-1)54-42-55(46-22-8-2-9-23-46)44-56(43-54)47-34-36-52(37-35-47)63-57-30-16-18-32-59(57)64(60-33-19-17-31-58(60)63)53-40-38-51(39-41-53)62(50-28-14-5-15-29-50)61(48-24-10-3-11-25-48)49-26-12-4-13-27-49/h45-60,63-64H,1-44H2. The Hall–Kier alpha value is -0.260. The lowest BCUT2D eigenvalue weighted by Gasteiger charge is -2.60. The minimum absolute atomic E-state index is 0.967. The molecule has 0 spiro atoms. The second-order valence-electron chi connectivity index (χ2n) is 27.4. The first-order valence-electron chi connectivity index (χ1n) is 31.5. The predicted molar refractivity (Wildman–Crippen MR) is 273 cm³/mol. The van der Waals surface area contributed by atoms with Crippen LogP contribution in [0.5, 0.6) is 0 Å². The zero-order valence-electron chi connectivity index (χ0n) is 42.5. The van der Waals surface area contributed by atoms with Crippen molar-refractivity contribution in [1.82, 2.24) is 0 Å². The van der Waals surface area contributed by atoms with Gasteiger partial charge in [-0.15, -0.1) is 0 Å². The highest BCUT2D eigenvalue weighted by molar-refractivity contribution is 5.27. The molecule has 11 aliphatic rings. The molecule has 0 nitrogen and oxygen atoms in total. The van der Waals surface area contributed by atoms with Gasteiger partial charge in [-0.2, -0.15) is 0 Å². The number of rotatable bonds is 9. The van der Waals surface area contributed by atoms with Gasteiger partial charge >= 0.3 is 0 Å². The zero-order chi connectivity index (χ0) is 42.7. The van der Waals surface area contributed by atoms with Crippen molar-refractivity contribution in [1.29, 1.82) is 0 Å². The third-order valence-corrected chi connectivity index (χ3v) is 24.4. The normalized spacial score (nSPS) is 43.2. The van der Waals surface area contributed by atoms with Gasteiger partial charge in [-0.05, 0) is 241 Å². The van der Waals surface area contributed by atoms with Gasteiger partial charge in [-0.3, -0.25) is 0 Å². The Morgan fingerprint density at radius 3 is 0.734 bits per heavy atom. The maximum Gasteiger partial charge on any atom is -0.0197 e. The minimum Gasteiger partial charge on any atom is -0.0642 e. The Labute approximate surface area is 398 Å². The maximum atomic E-state index is 2.20. The first kappa shape index (κ1) is 46.1. The highest BCUT2D eigenvalue weighted by Crippen LogP contribution is 2.64. The van der Waals surface area contributed by atoms with Gasteiger partial charge in [0.05, 0.1) is 0 Å². The van der Waals surface area contributed by atoms with E-state index >= 15 is 0 Å². The van der Waals surface area contributed by atoms with E-state index in [9.17, 15) is 0 Å². The zero-order valence-corrected chi connectivity index (χ0v) is 42.5. The van der Waals surface area contributed by atoms with Gasteiger partial charge in [-0.25, -0.2) is 0 Å². The Kier molecular flexibility index (Phi) is 16.0. The van der Waals surface area contributed by atoms with Crippen molar-refractivity contribution in [2.24, 2.45) is 107 Å². The van der Waals surface area contributed by atoms with Crippen molar-refractivity contribution in [3.05, 3.63) is 11.1 Å². The van der Waals surface area contributed by atoms with Crippen LogP contribution in [0.25, 0.3) is 0 Å². The fraction of sp³-hybridized carbons (Fsp3) is 0.969. The summed E-state index contributed by atoms with van der Waals surface area (Å²) in [6.07, 6.45) is 69.6.